The third-order valence-electron chi connectivity index (χ3n) is 2.80. The van der Waals surface area contributed by atoms with Crippen LogP contribution in [-0.2, 0) is 6.54 Å². The van der Waals surface area contributed by atoms with Gasteiger partial charge in [0.05, 0.1) is 18.5 Å². The molecule has 0 unspecified atom stereocenters. The van der Waals surface area contributed by atoms with E-state index < -0.39 is 0 Å². The van der Waals surface area contributed by atoms with Crippen molar-refractivity contribution in [3.05, 3.63) is 30.0 Å². The molecule has 0 aliphatic heterocycles. The second-order valence-electron chi connectivity index (χ2n) is 4.11. The molecular formula is C14H19NO2. The molecule has 2 aromatic rings. The van der Waals surface area contributed by atoms with Crippen molar-refractivity contribution >= 4 is 11.0 Å². The topological polar surface area (TPSA) is 48.4 Å². The van der Waals surface area contributed by atoms with E-state index in [4.69, 9.17) is 14.9 Å². The number of hydrogen-bond donors (Lipinski definition) is 1. The Morgan fingerprint density at radius 2 is 2.06 bits per heavy atom. The summed E-state index contributed by atoms with van der Waals surface area (Å²) in [4.78, 5) is 0. The van der Waals surface area contributed by atoms with Gasteiger partial charge < -0.3 is 14.9 Å². The Hall–Kier alpha value is -1.48. The van der Waals surface area contributed by atoms with Crippen molar-refractivity contribution in [3.63, 3.8) is 0 Å². The number of benzene rings is 1. The zero-order valence-corrected chi connectivity index (χ0v) is 10.2. The molecule has 3 heteroatoms. The van der Waals surface area contributed by atoms with Gasteiger partial charge in [0.2, 0.25) is 0 Å². The van der Waals surface area contributed by atoms with Crippen LogP contribution in [0.2, 0.25) is 0 Å². The lowest BCUT2D eigenvalue weighted by Crippen LogP contribution is -2.01. The van der Waals surface area contributed by atoms with Gasteiger partial charge in [0, 0.05) is 0 Å². The largest absolute Gasteiger partial charge is 0.489 e. The van der Waals surface area contributed by atoms with Gasteiger partial charge in [-0.3, -0.25) is 0 Å². The number of hydrogen-bond acceptors (Lipinski definition) is 3. The molecule has 92 valence electrons. The van der Waals surface area contributed by atoms with Crippen molar-refractivity contribution < 1.29 is 9.15 Å². The number of para-hydroxylation sites is 1. The van der Waals surface area contributed by atoms with Crippen LogP contribution < -0.4 is 10.5 Å². The molecule has 0 fully saturated rings. The van der Waals surface area contributed by atoms with Gasteiger partial charge in [0.1, 0.15) is 5.58 Å². The molecular weight excluding hydrogens is 214 g/mol. The zero-order chi connectivity index (χ0) is 12.1. The summed E-state index contributed by atoms with van der Waals surface area (Å²) in [7, 11) is 0. The van der Waals surface area contributed by atoms with Crippen LogP contribution in [0.3, 0.4) is 0 Å². The number of unbranched alkanes of at least 4 members (excludes halogenated alkanes) is 2. The van der Waals surface area contributed by atoms with Crippen molar-refractivity contribution in [2.75, 3.05) is 6.61 Å². The molecule has 2 N–H and O–H groups in total. The number of rotatable bonds is 6. The zero-order valence-electron chi connectivity index (χ0n) is 10.2. The predicted molar refractivity (Wildman–Crippen MR) is 69.1 cm³/mol. The van der Waals surface area contributed by atoms with Crippen LogP contribution in [0.25, 0.3) is 11.0 Å². The summed E-state index contributed by atoms with van der Waals surface area (Å²) >= 11 is 0. The first-order chi connectivity index (χ1) is 8.36. The van der Waals surface area contributed by atoms with E-state index in [1.807, 2.05) is 24.3 Å². The van der Waals surface area contributed by atoms with Gasteiger partial charge in [0.15, 0.2) is 11.5 Å². The van der Waals surface area contributed by atoms with E-state index in [2.05, 4.69) is 6.92 Å². The molecule has 0 radical (unpaired) electrons. The summed E-state index contributed by atoms with van der Waals surface area (Å²) in [6.07, 6.45) is 3.45. The van der Waals surface area contributed by atoms with Crippen molar-refractivity contribution in [1.29, 1.82) is 0 Å². The highest BCUT2D eigenvalue weighted by Gasteiger charge is 2.13. The Morgan fingerprint density at radius 1 is 1.24 bits per heavy atom. The molecule has 0 bridgehead atoms. The first-order valence-electron chi connectivity index (χ1n) is 6.20. The van der Waals surface area contributed by atoms with E-state index in [0.29, 0.717) is 6.54 Å². The van der Waals surface area contributed by atoms with Crippen LogP contribution >= 0.6 is 0 Å². The molecule has 0 saturated heterocycles. The van der Waals surface area contributed by atoms with Gasteiger partial charge in [-0.1, -0.05) is 31.9 Å². The molecule has 1 heterocycles. The number of nitrogens with two attached hydrogens (primary N) is 1. The van der Waals surface area contributed by atoms with Crippen LogP contribution in [-0.4, -0.2) is 6.61 Å². The lowest BCUT2D eigenvalue weighted by Gasteiger charge is -2.05. The molecule has 1 aromatic heterocycles. The van der Waals surface area contributed by atoms with E-state index in [0.717, 1.165) is 35.5 Å². The minimum absolute atomic E-state index is 0.373. The highest BCUT2D eigenvalue weighted by molar-refractivity contribution is 5.85. The smallest absolute Gasteiger partial charge is 0.169 e. The van der Waals surface area contributed by atoms with Gasteiger partial charge in [-0.05, 0) is 18.6 Å². The number of furan rings is 1. The molecule has 0 atom stereocenters. The Balaban J connectivity index is 2.18. The van der Waals surface area contributed by atoms with Gasteiger partial charge in [0.25, 0.3) is 0 Å². The number of fused-ring (bicyclic) bond motifs is 1. The summed E-state index contributed by atoms with van der Waals surface area (Å²) < 4.78 is 11.5. The molecule has 3 nitrogen and oxygen atoms in total. The summed E-state index contributed by atoms with van der Waals surface area (Å²) in [6.45, 7) is 3.28. The lowest BCUT2D eigenvalue weighted by molar-refractivity contribution is 0.299. The average Bonchev–Trinajstić information content (AvgIpc) is 2.73. The standard InChI is InChI=1S/C14H19NO2/c1-2-3-6-9-16-14-11-7-4-5-8-12(11)17-13(14)10-15/h4-5,7-8H,2-3,6,9-10,15H2,1H3. The summed E-state index contributed by atoms with van der Waals surface area (Å²) in [6, 6.07) is 7.88. The summed E-state index contributed by atoms with van der Waals surface area (Å²) in [5.74, 6) is 1.56. The molecule has 17 heavy (non-hydrogen) atoms. The van der Waals surface area contributed by atoms with Crippen molar-refractivity contribution in [2.45, 2.75) is 32.7 Å². The molecule has 0 aliphatic rings. The molecule has 0 spiro atoms. The predicted octanol–water partition coefficient (Wildman–Crippen LogP) is 3.46. The lowest BCUT2D eigenvalue weighted by atomic mass is 10.2. The van der Waals surface area contributed by atoms with Gasteiger partial charge in [-0.2, -0.15) is 0 Å². The molecule has 0 aliphatic carbocycles. The maximum absolute atomic E-state index is 5.81. The first kappa shape index (κ1) is 12.0. The second-order valence-corrected chi connectivity index (χ2v) is 4.11. The third-order valence-corrected chi connectivity index (χ3v) is 2.80. The third kappa shape index (κ3) is 2.61. The molecule has 0 amide bonds. The van der Waals surface area contributed by atoms with Gasteiger partial charge >= 0.3 is 0 Å². The van der Waals surface area contributed by atoms with E-state index in [9.17, 15) is 0 Å². The first-order valence-corrected chi connectivity index (χ1v) is 6.20. The Labute approximate surface area is 102 Å². The van der Waals surface area contributed by atoms with E-state index >= 15 is 0 Å². The monoisotopic (exact) mass is 233 g/mol. The van der Waals surface area contributed by atoms with E-state index in [-0.39, 0.29) is 0 Å². The fourth-order valence-corrected chi connectivity index (χ4v) is 1.89. The second kappa shape index (κ2) is 5.73. The molecule has 2 rings (SSSR count). The van der Waals surface area contributed by atoms with E-state index in [1.54, 1.807) is 0 Å². The summed E-state index contributed by atoms with van der Waals surface area (Å²) in [5.41, 5.74) is 6.52. The molecule has 1 aromatic carbocycles. The van der Waals surface area contributed by atoms with Crippen molar-refractivity contribution in [2.24, 2.45) is 5.73 Å². The molecule has 0 saturated carbocycles. The normalized spacial score (nSPS) is 10.9. The maximum atomic E-state index is 5.81. The van der Waals surface area contributed by atoms with E-state index in [1.165, 1.54) is 12.8 Å². The van der Waals surface area contributed by atoms with Gasteiger partial charge in [-0.25, -0.2) is 0 Å². The maximum Gasteiger partial charge on any atom is 0.169 e. The van der Waals surface area contributed by atoms with Gasteiger partial charge in [-0.15, -0.1) is 0 Å². The van der Waals surface area contributed by atoms with Crippen molar-refractivity contribution in [3.8, 4) is 5.75 Å². The van der Waals surface area contributed by atoms with Crippen molar-refractivity contribution in [1.82, 2.24) is 0 Å². The van der Waals surface area contributed by atoms with Crippen LogP contribution in [0, 0.1) is 0 Å². The fraction of sp³-hybridized carbons (Fsp3) is 0.429. The quantitative estimate of drug-likeness (QED) is 0.777. The minimum Gasteiger partial charge on any atom is -0.489 e. The van der Waals surface area contributed by atoms with Crippen LogP contribution in [0.1, 0.15) is 31.9 Å². The summed E-state index contributed by atoms with van der Waals surface area (Å²) in [5, 5.41) is 1.02. The Bertz CT molecular complexity index is 476. The van der Waals surface area contributed by atoms with Crippen LogP contribution in [0.5, 0.6) is 5.75 Å². The van der Waals surface area contributed by atoms with Crippen LogP contribution in [0.15, 0.2) is 28.7 Å². The highest BCUT2D eigenvalue weighted by atomic mass is 16.5. The Kier molecular flexibility index (Phi) is 4.04. The Morgan fingerprint density at radius 3 is 2.82 bits per heavy atom. The number of ether oxygens (including phenoxy) is 1. The highest BCUT2D eigenvalue weighted by Crippen LogP contribution is 2.32. The average molecular weight is 233 g/mol. The minimum atomic E-state index is 0.373. The van der Waals surface area contributed by atoms with Crippen LogP contribution in [0.4, 0.5) is 0 Å². The SMILES string of the molecule is CCCCCOc1c(CN)oc2ccccc12. The fourth-order valence-electron chi connectivity index (χ4n) is 1.89.